The molecule has 0 aromatic heterocycles. The van der Waals surface area contributed by atoms with Crippen LogP contribution < -0.4 is 11.1 Å². The van der Waals surface area contributed by atoms with E-state index in [4.69, 9.17) is 5.73 Å². The molecule has 0 saturated heterocycles. The highest BCUT2D eigenvalue weighted by atomic mass is 14.9. The van der Waals surface area contributed by atoms with Crippen LogP contribution in [0.15, 0.2) is 47.9 Å². The van der Waals surface area contributed by atoms with Crippen LogP contribution in [0.5, 0.6) is 0 Å². The molecule has 3 N–H and O–H groups in total. The fraction of sp³-hybridized carbons (Fsp3) is 0.724. The first-order valence-electron chi connectivity index (χ1n) is 13.0. The van der Waals surface area contributed by atoms with Crippen LogP contribution in [-0.2, 0) is 0 Å². The first kappa shape index (κ1) is 29.6. The summed E-state index contributed by atoms with van der Waals surface area (Å²) in [5, 5.41) is 3.54. The van der Waals surface area contributed by atoms with Crippen molar-refractivity contribution in [3.05, 3.63) is 47.9 Å². The second kappa shape index (κ2) is 19.3. The van der Waals surface area contributed by atoms with E-state index in [0.29, 0.717) is 0 Å². The van der Waals surface area contributed by atoms with Crippen molar-refractivity contribution < 1.29 is 0 Å². The van der Waals surface area contributed by atoms with Gasteiger partial charge in [-0.2, -0.15) is 0 Å². The van der Waals surface area contributed by atoms with Crippen LogP contribution in [0.25, 0.3) is 0 Å². The molecule has 0 amide bonds. The number of rotatable bonds is 21. The van der Waals surface area contributed by atoms with Gasteiger partial charge in [-0.25, -0.2) is 0 Å². The molecular weight excluding hydrogens is 376 g/mol. The van der Waals surface area contributed by atoms with Gasteiger partial charge in [0.05, 0.1) is 0 Å². The third kappa shape index (κ3) is 17.9. The van der Waals surface area contributed by atoms with Gasteiger partial charge in [0.2, 0.25) is 0 Å². The fourth-order valence-corrected chi connectivity index (χ4v) is 3.95. The molecule has 0 bridgehead atoms. The topological polar surface area (TPSA) is 38.0 Å². The summed E-state index contributed by atoms with van der Waals surface area (Å²) < 4.78 is 0. The standard InChI is InChI=1S/C29H54N2/c1-8-9-10-11-13-16-19-25(4)26(5)20-17-14-12-15-18-21-28(7)31-29(24(2)3)23-22-27(6)30/h29,31H,2,6-23,30H2,1,3-5H3/b26-25-. The summed E-state index contributed by atoms with van der Waals surface area (Å²) in [6.07, 6.45) is 20.2. The maximum absolute atomic E-state index is 5.71. The lowest BCUT2D eigenvalue weighted by atomic mass is 9.98. The third-order valence-corrected chi connectivity index (χ3v) is 6.39. The van der Waals surface area contributed by atoms with Crippen LogP contribution in [0.1, 0.15) is 130 Å². The summed E-state index contributed by atoms with van der Waals surface area (Å²) in [6.45, 7) is 21.1. The van der Waals surface area contributed by atoms with Crippen LogP contribution in [0.4, 0.5) is 0 Å². The van der Waals surface area contributed by atoms with Gasteiger partial charge in [0.15, 0.2) is 0 Å². The molecule has 0 aliphatic carbocycles. The number of allylic oxidation sites excluding steroid dienone is 4. The van der Waals surface area contributed by atoms with Crippen molar-refractivity contribution >= 4 is 0 Å². The first-order valence-corrected chi connectivity index (χ1v) is 13.0. The Morgan fingerprint density at radius 2 is 1.13 bits per heavy atom. The maximum Gasteiger partial charge on any atom is 0.0468 e. The van der Waals surface area contributed by atoms with Gasteiger partial charge in [0.1, 0.15) is 0 Å². The molecule has 0 aliphatic heterocycles. The molecule has 0 fully saturated rings. The number of hydrogen-bond acceptors (Lipinski definition) is 2. The second-order valence-electron chi connectivity index (χ2n) is 9.69. The molecule has 0 aliphatic rings. The average molecular weight is 431 g/mol. The van der Waals surface area contributed by atoms with E-state index in [1.54, 1.807) is 11.1 Å². The van der Waals surface area contributed by atoms with E-state index in [2.05, 4.69) is 52.7 Å². The van der Waals surface area contributed by atoms with Crippen molar-refractivity contribution in [2.75, 3.05) is 0 Å². The van der Waals surface area contributed by atoms with E-state index in [-0.39, 0.29) is 6.04 Å². The molecule has 0 heterocycles. The molecule has 0 radical (unpaired) electrons. The Balaban J connectivity index is 3.83. The molecule has 1 unspecified atom stereocenters. The monoisotopic (exact) mass is 430 g/mol. The van der Waals surface area contributed by atoms with Gasteiger partial charge in [-0.1, -0.05) is 94.7 Å². The molecule has 0 rings (SSSR count). The van der Waals surface area contributed by atoms with Gasteiger partial charge in [-0.05, 0) is 72.1 Å². The Morgan fingerprint density at radius 1 is 0.677 bits per heavy atom. The van der Waals surface area contributed by atoms with Gasteiger partial charge < -0.3 is 11.1 Å². The lowest BCUT2D eigenvalue weighted by Gasteiger charge is -2.21. The molecule has 2 heteroatoms. The number of nitrogens with one attached hydrogen (secondary N) is 1. The van der Waals surface area contributed by atoms with Crippen LogP contribution in [0.2, 0.25) is 0 Å². The lowest BCUT2D eigenvalue weighted by molar-refractivity contribution is 0.553. The molecule has 0 aromatic carbocycles. The summed E-state index contributed by atoms with van der Waals surface area (Å²) in [4.78, 5) is 0. The van der Waals surface area contributed by atoms with Crippen LogP contribution >= 0.6 is 0 Å². The Labute approximate surface area is 195 Å². The fourth-order valence-electron chi connectivity index (χ4n) is 3.95. The van der Waals surface area contributed by atoms with Crippen molar-refractivity contribution in [3.63, 3.8) is 0 Å². The minimum atomic E-state index is 0.252. The zero-order chi connectivity index (χ0) is 23.5. The van der Waals surface area contributed by atoms with E-state index < -0.39 is 0 Å². The average Bonchev–Trinajstić information content (AvgIpc) is 2.72. The maximum atomic E-state index is 5.71. The molecule has 0 saturated carbocycles. The van der Waals surface area contributed by atoms with E-state index in [1.165, 1.54) is 83.5 Å². The van der Waals surface area contributed by atoms with E-state index in [0.717, 1.165) is 36.2 Å². The highest BCUT2D eigenvalue weighted by Gasteiger charge is 2.10. The largest absolute Gasteiger partial charge is 0.403 e. The summed E-state index contributed by atoms with van der Waals surface area (Å²) in [5.74, 6) is 0. The summed E-state index contributed by atoms with van der Waals surface area (Å²) in [7, 11) is 0. The Bertz CT molecular complexity index is 541. The van der Waals surface area contributed by atoms with Crippen LogP contribution in [0, 0.1) is 0 Å². The van der Waals surface area contributed by atoms with Crippen molar-refractivity contribution in [2.45, 2.75) is 136 Å². The smallest absolute Gasteiger partial charge is 0.0468 e. The summed E-state index contributed by atoms with van der Waals surface area (Å²) in [5.41, 5.74) is 12.0. The van der Waals surface area contributed by atoms with Gasteiger partial charge in [-0.3, -0.25) is 0 Å². The minimum Gasteiger partial charge on any atom is -0.403 e. The van der Waals surface area contributed by atoms with Crippen molar-refractivity contribution in [3.8, 4) is 0 Å². The molecule has 180 valence electrons. The Kier molecular flexibility index (Phi) is 18.4. The SMILES string of the molecule is C=C(N)CCC(NC(=C)CCCCCCC/C(C)=C(/C)CCCCCCCC)C(=C)C. The van der Waals surface area contributed by atoms with Crippen LogP contribution in [-0.4, -0.2) is 6.04 Å². The molecule has 31 heavy (non-hydrogen) atoms. The van der Waals surface area contributed by atoms with E-state index >= 15 is 0 Å². The summed E-state index contributed by atoms with van der Waals surface area (Å²) >= 11 is 0. The number of unbranched alkanes of at least 4 members (excludes halogenated alkanes) is 9. The molecule has 0 spiro atoms. The molecular formula is C29H54N2. The predicted octanol–water partition coefficient (Wildman–Crippen LogP) is 9.10. The highest BCUT2D eigenvalue weighted by Crippen LogP contribution is 2.20. The van der Waals surface area contributed by atoms with E-state index in [9.17, 15) is 0 Å². The third-order valence-electron chi connectivity index (χ3n) is 6.39. The minimum absolute atomic E-state index is 0.252. The predicted molar refractivity (Wildman–Crippen MR) is 142 cm³/mol. The zero-order valence-corrected chi connectivity index (χ0v) is 21.6. The first-order chi connectivity index (χ1) is 14.8. The molecule has 0 aromatic rings. The number of nitrogens with two attached hydrogens (primary N) is 1. The molecule has 1 atom stereocenters. The summed E-state index contributed by atoms with van der Waals surface area (Å²) in [6, 6.07) is 0.252. The van der Waals surface area contributed by atoms with Gasteiger partial charge >= 0.3 is 0 Å². The van der Waals surface area contributed by atoms with Gasteiger partial charge in [0.25, 0.3) is 0 Å². The Morgan fingerprint density at radius 3 is 1.58 bits per heavy atom. The normalized spacial score (nSPS) is 12.9. The highest BCUT2D eigenvalue weighted by molar-refractivity contribution is 5.09. The van der Waals surface area contributed by atoms with Crippen molar-refractivity contribution in [1.29, 1.82) is 0 Å². The van der Waals surface area contributed by atoms with E-state index in [1.807, 2.05) is 0 Å². The zero-order valence-electron chi connectivity index (χ0n) is 21.6. The second-order valence-corrected chi connectivity index (χ2v) is 9.69. The van der Waals surface area contributed by atoms with Gasteiger partial charge in [-0.15, -0.1) is 0 Å². The quantitative estimate of drug-likeness (QED) is 0.141. The lowest BCUT2D eigenvalue weighted by Crippen LogP contribution is -2.29. The van der Waals surface area contributed by atoms with Crippen molar-refractivity contribution in [2.24, 2.45) is 5.73 Å². The van der Waals surface area contributed by atoms with Crippen molar-refractivity contribution in [1.82, 2.24) is 5.32 Å². The number of hydrogen-bond donors (Lipinski definition) is 2. The van der Waals surface area contributed by atoms with Gasteiger partial charge in [0, 0.05) is 17.4 Å². The Hall–Kier alpha value is -1.44. The molecule has 2 nitrogen and oxygen atoms in total. The van der Waals surface area contributed by atoms with Crippen LogP contribution in [0.3, 0.4) is 0 Å².